The van der Waals surface area contributed by atoms with Crippen molar-refractivity contribution in [3.05, 3.63) is 41.2 Å². The summed E-state index contributed by atoms with van der Waals surface area (Å²) in [6, 6.07) is 7.31. The van der Waals surface area contributed by atoms with Gasteiger partial charge >= 0.3 is 0 Å². The van der Waals surface area contributed by atoms with E-state index >= 15 is 0 Å². The summed E-state index contributed by atoms with van der Waals surface area (Å²) in [6.07, 6.45) is 0. The third-order valence-corrected chi connectivity index (χ3v) is 2.27. The minimum Gasteiger partial charge on any atom is -0.487 e. The largest absolute Gasteiger partial charge is 0.487 e. The fourth-order valence-corrected chi connectivity index (χ4v) is 1.34. The number of aryl methyl sites for hydroxylation is 1. The number of rotatable bonds is 3. The van der Waals surface area contributed by atoms with E-state index in [2.05, 4.69) is 26.8 Å². The summed E-state index contributed by atoms with van der Waals surface area (Å²) in [5, 5.41) is 16.0. The van der Waals surface area contributed by atoms with E-state index in [1.165, 1.54) is 0 Å². The second-order valence-corrected chi connectivity index (χ2v) is 3.57. The van der Waals surface area contributed by atoms with Crippen molar-refractivity contribution in [1.82, 2.24) is 10.3 Å². The maximum absolute atomic E-state index is 8.63. The number of aliphatic hydroxyl groups excluding tert-OH is 1. The molecule has 0 amide bonds. The number of aliphatic hydroxyl groups is 1. The van der Waals surface area contributed by atoms with Crippen LogP contribution < -0.4 is 4.74 Å². The maximum atomic E-state index is 8.63. The molecule has 0 radical (unpaired) electrons. The number of benzene rings is 1. The summed E-state index contributed by atoms with van der Waals surface area (Å²) in [5.41, 5.74) is 2.17. The van der Waals surface area contributed by atoms with Gasteiger partial charge in [-0.25, -0.2) is 4.63 Å². The average Bonchev–Trinajstić information content (AvgIpc) is 2.80. The third-order valence-electron chi connectivity index (χ3n) is 2.27. The van der Waals surface area contributed by atoms with Crippen LogP contribution in [-0.4, -0.2) is 22.0 Å². The van der Waals surface area contributed by atoms with Crippen LogP contribution in [0, 0.1) is 18.8 Å². The van der Waals surface area contributed by atoms with Crippen LogP contribution in [0.25, 0.3) is 0 Å². The van der Waals surface area contributed by atoms with Crippen LogP contribution in [0.3, 0.4) is 0 Å². The van der Waals surface area contributed by atoms with E-state index in [-0.39, 0.29) is 6.61 Å². The zero-order valence-corrected chi connectivity index (χ0v) is 9.88. The molecule has 1 N–H and O–H groups in total. The maximum Gasteiger partial charge on any atom is 0.145 e. The van der Waals surface area contributed by atoms with E-state index in [0.29, 0.717) is 23.7 Å². The van der Waals surface area contributed by atoms with Crippen molar-refractivity contribution in [3.63, 3.8) is 0 Å². The number of hydrogen-bond acceptors (Lipinski definition) is 5. The summed E-state index contributed by atoms with van der Waals surface area (Å²) >= 11 is 0. The zero-order chi connectivity index (χ0) is 12.8. The highest BCUT2D eigenvalue weighted by Crippen LogP contribution is 2.14. The van der Waals surface area contributed by atoms with E-state index in [4.69, 9.17) is 9.84 Å². The van der Waals surface area contributed by atoms with Gasteiger partial charge in [0.2, 0.25) is 0 Å². The lowest BCUT2D eigenvalue weighted by Crippen LogP contribution is -1.97. The highest BCUT2D eigenvalue weighted by Gasteiger charge is 2.05. The van der Waals surface area contributed by atoms with Gasteiger partial charge in [0, 0.05) is 5.56 Å². The van der Waals surface area contributed by atoms with Gasteiger partial charge in [-0.3, -0.25) is 0 Å². The Labute approximate surface area is 104 Å². The summed E-state index contributed by atoms with van der Waals surface area (Å²) in [6.45, 7) is 1.94. The van der Waals surface area contributed by atoms with E-state index < -0.39 is 0 Å². The highest BCUT2D eigenvalue weighted by molar-refractivity contribution is 5.39. The van der Waals surface area contributed by atoms with Crippen LogP contribution in [0.4, 0.5) is 0 Å². The Morgan fingerprint density at radius 1 is 1.39 bits per heavy atom. The first kappa shape index (κ1) is 12.1. The molecule has 2 rings (SSSR count). The molecule has 0 unspecified atom stereocenters. The molecule has 1 aromatic carbocycles. The van der Waals surface area contributed by atoms with Crippen LogP contribution in [-0.2, 0) is 6.61 Å². The van der Waals surface area contributed by atoms with Gasteiger partial charge in [-0.15, -0.1) is 0 Å². The lowest BCUT2D eigenvalue weighted by atomic mass is 10.2. The first-order valence-electron chi connectivity index (χ1n) is 5.40. The number of nitrogens with zero attached hydrogens (tertiary/aromatic N) is 2. The predicted octanol–water partition coefficient (Wildman–Crippen LogP) is 1.30. The van der Waals surface area contributed by atoms with Gasteiger partial charge < -0.3 is 9.84 Å². The normalized spacial score (nSPS) is 9.67. The Kier molecular flexibility index (Phi) is 3.94. The van der Waals surface area contributed by atoms with Crippen molar-refractivity contribution in [2.45, 2.75) is 13.5 Å². The van der Waals surface area contributed by atoms with E-state index in [1.807, 2.05) is 18.2 Å². The van der Waals surface area contributed by atoms with E-state index in [1.54, 1.807) is 13.0 Å². The van der Waals surface area contributed by atoms with Crippen LogP contribution in [0.1, 0.15) is 17.0 Å². The molecule has 0 fully saturated rings. The molecular weight excluding hydrogens is 232 g/mol. The molecule has 2 aromatic rings. The molecule has 0 spiro atoms. The minimum atomic E-state index is -0.158. The Balaban J connectivity index is 2.03. The lowest BCUT2D eigenvalue weighted by molar-refractivity contribution is 0.270. The van der Waals surface area contributed by atoms with Crippen molar-refractivity contribution < 1.29 is 14.5 Å². The van der Waals surface area contributed by atoms with Crippen molar-refractivity contribution in [2.24, 2.45) is 0 Å². The van der Waals surface area contributed by atoms with Crippen LogP contribution >= 0.6 is 0 Å². The molecule has 0 aliphatic carbocycles. The van der Waals surface area contributed by atoms with Gasteiger partial charge in [-0.05, 0) is 25.1 Å². The van der Waals surface area contributed by atoms with Crippen LogP contribution in [0.2, 0.25) is 0 Å². The SMILES string of the molecule is Cc1nonc1COc1cccc(C#CCO)c1. The first-order chi connectivity index (χ1) is 8.79. The Morgan fingerprint density at radius 2 is 2.28 bits per heavy atom. The molecule has 5 nitrogen and oxygen atoms in total. The van der Waals surface area contributed by atoms with Crippen molar-refractivity contribution >= 4 is 0 Å². The van der Waals surface area contributed by atoms with Crippen molar-refractivity contribution in [3.8, 4) is 17.6 Å². The molecule has 1 aromatic heterocycles. The highest BCUT2D eigenvalue weighted by atomic mass is 16.6. The molecular formula is C13H12N2O3. The first-order valence-corrected chi connectivity index (χ1v) is 5.40. The third kappa shape index (κ3) is 3.09. The smallest absolute Gasteiger partial charge is 0.145 e. The summed E-state index contributed by atoms with van der Waals surface area (Å²) in [7, 11) is 0. The number of hydrogen-bond donors (Lipinski definition) is 1. The average molecular weight is 244 g/mol. The fourth-order valence-electron chi connectivity index (χ4n) is 1.34. The molecule has 92 valence electrons. The Morgan fingerprint density at radius 3 is 3.00 bits per heavy atom. The second-order valence-electron chi connectivity index (χ2n) is 3.57. The fraction of sp³-hybridized carbons (Fsp3) is 0.231. The predicted molar refractivity (Wildman–Crippen MR) is 63.8 cm³/mol. The van der Waals surface area contributed by atoms with Gasteiger partial charge in [-0.2, -0.15) is 0 Å². The molecule has 0 saturated heterocycles. The number of aromatic nitrogens is 2. The van der Waals surface area contributed by atoms with Gasteiger partial charge in [0.25, 0.3) is 0 Å². The summed E-state index contributed by atoms with van der Waals surface area (Å²) in [4.78, 5) is 0. The summed E-state index contributed by atoms with van der Waals surface area (Å²) < 4.78 is 10.1. The Bertz CT molecular complexity index is 581. The molecule has 1 heterocycles. The Hall–Kier alpha value is -2.32. The van der Waals surface area contributed by atoms with Gasteiger partial charge in [0.15, 0.2) is 0 Å². The second kappa shape index (κ2) is 5.84. The molecule has 0 atom stereocenters. The molecule has 0 aliphatic rings. The van der Waals surface area contributed by atoms with Crippen molar-refractivity contribution in [1.29, 1.82) is 0 Å². The van der Waals surface area contributed by atoms with E-state index in [0.717, 1.165) is 5.56 Å². The minimum absolute atomic E-state index is 0.158. The van der Waals surface area contributed by atoms with E-state index in [9.17, 15) is 0 Å². The molecule has 0 bridgehead atoms. The molecule has 0 saturated carbocycles. The number of ether oxygens (including phenoxy) is 1. The van der Waals surface area contributed by atoms with Gasteiger partial charge in [0.05, 0.1) is 0 Å². The zero-order valence-electron chi connectivity index (χ0n) is 9.88. The summed E-state index contributed by atoms with van der Waals surface area (Å²) in [5.74, 6) is 6.08. The molecule has 5 heteroatoms. The lowest BCUT2D eigenvalue weighted by Gasteiger charge is -2.04. The van der Waals surface area contributed by atoms with Crippen molar-refractivity contribution in [2.75, 3.05) is 6.61 Å². The van der Waals surface area contributed by atoms with Gasteiger partial charge in [-0.1, -0.05) is 28.2 Å². The van der Waals surface area contributed by atoms with Crippen LogP contribution in [0.15, 0.2) is 28.9 Å². The van der Waals surface area contributed by atoms with Gasteiger partial charge in [0.1, 0.15) is 30.4 Å². The quantitative estimate of drug-likeness (QED) is 0.824. The molecule has 18 heavy (non-hydrogen) atoms. The standard InChI is InChI=1S/C13H12N2O3/c1-10-13(15-18-14-10)9-17-12-6-2-4-11(8-12)5-3-7-16/h2,4,6,8,16H,7,9H2,1H3. The monoisotopic (exact) mass is 244 g/mol. The topological polar surface area (TPSA) is 68.4 Å². The molecule has 0 aliphatic heterocycles. The van der Waals surface area contributed by atoms with Crippen LogP contribution in [0.5, 0.6) is 5.75 Å².